The molecule has 8 heteroatoms. The maximum Gasteiger partial charge on any atom is 0.296 e. The van der Waals surface area contributed by atoms with E-state index in [0.29, 0.717) is 18.0 Å². The quantitative estimate of drug-likeness (QED) is 0.716. The molecular weight excluding hydrogens is 418 g/mol. The van der Waals surface area contributed by atoms with Gasteiger partial charge in [0.2, 0.25) is 0 Å². The van der Waals surface area contributed by atoms with Crippen LogP contribution in [0, 0.1) is 0 Å². The van der Waals surface area contributed by atoms with Crippen LogP contribution in [0.2, 0.25) is 0 Å². The molecule has 0 bridgehead atoms. The zero-order chi connectivity index (χ0) is 21.3. The number of nitrogens with zero attached hydrogens (tertiary/aromatic N) is 2. The van der Waals surface area contributed by atoms with Crippen molar-refractivity contribution in [2.75, 3.05) is 26.4 Å². The molecule has 1 aliphatic carbocycles. The number of pyridine rings is 1. The Morgan fingerprint density at radius 2 is 1.83 bits per heavy atom. The van der Waals surface area contributed by atoms with Gasteiger partial charge in [-0.3, -0.25) is 14.5 Å². The molecule has 0 radical (unpaired) electrons. The number of piperidine rings is 1. The summed E-state index contributed by atoms with van der Waals surface area (Å²) in [6.45, 7) is 1.34. The number of carbonyl (C=O) groups is 1. The molecule has 0 atom stereocenters. The fraction of sp³-hybridized carbons (Fsp3) is 0.364. The van der Waals surface area contributed by atoms with Gasteiger partial charge in [-0.05, 0) is 67.6 Å². The normalized spacial score (nSPS) is 16.7. The van der Waals surface area contributed by atoms with Crippen molar-refractivity contribution < 1.29 is 13.2 Å². The van der Waals surface area contributed by atoms with Gasteiger partial charge in [-0.2, -0.15) is 0 Å². The Bertz CT molecular complexity index is 1120. The SMILES string of the molecule is CNSC(=O)N1CCC(=C2c3ccc(S(C)(=O)=O)cc3CCc3cccnc32)CC1. The lowest BCUT2D eigenvalue weighted by Crippen LogP contribution is -2.35. The van der Waals surface area contributed by atoms with Crippen LogP contribution in [0.15, 0.2) is 47.0 Å². The van der Waals surface area contributed by atoms with Crippen molar-refractivity contribution in [3.05, 3.63) is 64.5 Å². The summed E-state index contributed by atoms with van der Waals surface area (Å²) in [6, 6.07) is 9.51. The minimum atomic E-state index is -3.26. The standard InChI is InChI=1S/C22H25N3O3S2/c1-23-29-22(26)25-12-9-15(10-13-25)20-19-8-7-18(30(2,27)28)14-17(19)6-5-16-4-3-11-24-21(16)20/h3-4,7-8,11,14,23H,5-6,9-10,12-13H2,1-2H3. The largest absolute Gasteiger partial charge is 0.332 e. The number of carbonyl (C=O) groups excluding carboxylic acids is 1. The van der Waals surface area contributed by atoms with Gasteiger partial charge in [0.05, 0.1) is 10.6 Å². The van der Waals surface area contributed by atoms with Crippen LogP contribution in [0.4, 0.5) is 4.79 Å². The maximum atomic E-state index is 12.2. The van der Waals surface area contributed by atoms with Crippen molar-refractivity contribution in [1.82, 2.24) is 14.6 Å². The van der Waals surface area contributed by atoms with Crippen LogP contribution in [0.5, 0.6) is 0 Å². The van der Waals surface area contributed by atoms with E-state index >= 15 is 0 Å². The van der Waals surface area contributed by atoms with E-state index in [-0.39, 0.29) is 5.24 Å². The van der Waals surface area contributed by atoms with Crippen LogP contribution in [-0.2, 0) is 22.7 Å². The number of aromatic nitrogens is 1. The number of fused-ring (bicyclic) bond motifs is 2. The average Bonchev–Trinajstić information content (AvgIpc) is 2.90. The van der Waals surface area contributed by atoms with Crippen molar-refractivity contribution in [3.63, 3.8) is 0 Å². The predicted molar refractivity (Wildman–Crippen MR) is 120 cm³/mol. The highest BCUT2D eigenvalue weighted by Gasteiger charge is 2.27. The van der Waals surface area contributed by atoms with Gasteiger partial charge in [0.25, 0.3) is 5.24 Å². The zero-order valence-electron chi connectivity index (χ0n) is 17.1. The Morgan fingerprint density at radius 3 is 2.53 bits per heavy atom. The summed E-state index contributed by atoms with van der Waals surface area (Å²) in [5, 5.41) is 0.0409. The molecular formula is C22H25N3O3S2. The molecule has 6 nitrogen and oxygen atoms in total. The molecule has 1 N–H and O–H groups in total. The number of nitrogens with one attached hydrogen (secondary N) is 1. The van der Waals surface area contributed by atoms with E-state index in [0.717, 1.165) is 60.0 Å². The molecule has 1 aliphatic heterocycles. The molecule has 158 valence electrons. The Hall–Kier alpha value is -2.16. The molecule has 1 aromatic heterocycles. The number of benzene rings is 1. The van der Waals surface area contributed by atoms with Gasteiger partial charge in [-0.25, -0.2) is 8.42 Å². The highest BCUT2D eigenvalue weighted by atomic mass is 32.2. The molecule has 1 amide bonds. The Kier molecular flexibility index (Phi) is 5.99. The fourth-order valence-electron chi connectivity index (χ4n) is 4.23. The summed E-state index contributed by atoms with van der Waals surface area (Å²) in [5.41, 5.74) is 6.68. The number of likely N-dealkylation sites (tertiary alicyclic amines) is 1. The molecule has 30 heavy (non-hydrogen) atoms. The Balaban J connectivity index is 1.79. The first-order valence-corrected chi connectivity index (χ1v) is 12.7. The van der Waals surface area contributed by atoms with Crippen molar-refractivity contribution in [2.45, 2.75) is 30.6 Å². The number of hydrogen-bond donors (Lipinski definition) is 1. The topological polar surface area (TPSA) is 79.4 Å². The first-order chi connectivity index (χ1) is 14.4. The van der Waals surface area contributed by atoms with Crippen LogP contribution in [-0.4, -0.2) is 49.9 Å². The van der Waals surface area contributed by atoms with E-state index in [2.05, 4.69) is 10.8 Å². The van der Waals surface area contributed by atoms with Crippen LogP contribution in [0.25, 0.3) is 5.57 Å². The van der Waals surface area contributed by atoms with Crippen molar-refractivity contribution in [3.8, 4) is 0 Å². The third-order valence-electron chi connectivity index (χ3n) is 5.73. The highest BCUT2D eigenvalue weighted by Crippen LogP contribution is 2.38. The smallest absolute Gasteiger partial charge is 0.296 e. The van der Waals surface area contributed by atoms with Crippen LogP contribution in [0.1, 0.15) is 35.2 Å². The third kappa shape index (κ3) is 4.17. The summed E-state index contributed by atoms with van der Waals surface area (Å²) in [7, 11) is -1.52. The van der Waals surface area contributed by atoms with Gasteiger partial charge in [0.15, 0.2) is 9.84 Å². The summed E-state index contributed by atoms with van der Waals surface area (Å²) in [5.74, 6) is 0. The predicted octanol–water partition coefficient (Wildman–Crippen LogP) is 3.47. The maximum absolute atomic E-state index is 12.2. The molecule has 1 fully saturated rings. The second kappa shape index (κ2) is 8.53. The van der Waals surface area contributed by atoms with Crippen LogP contribution < -0.4 is 4.72 Å². The number of sulfone groups is 1. The second-order valence-electron chi connectivity index (χ2n) is 7.64. The number of rotatable bonds is 2. The van der Waals surface area contributed by atoms with Crippen molar-refractivity contribution in [1.29, 1.82) is 0 Å². The Morgan fingerprint density at radius 1 is 1.10 bits per heavy atom. The molecule has 2 aliphatic rings. The van der Waals surface area contributed by atoms with Gasteiger partial charge in [0, 0.05) is 43.1 Å². The summed E-state index contributed by atoms with van der Waals surface area (Å²) in [4.78, 5) is 19.1. The fourth-order valence-corrected chi connectivity index (χ4v) is 5.39. The van der Waals surface area contributed by atoms with E-state index in [1.165, 1.54) is 17.4 Å². The first kappa shape index (κ1) is 21.1. The lowest BCUT2D eigenvalue weighted by Gasteiger charge is -2.30. The molecule has 4 rings (SSSR count). The van der Waals surface area contributed by atoms with Crippen molar-refractivity contribution >= 4 is 32.6 Å². The van der Waals surface area contributed by atoms with Crippen LogP contribution >= 0.6 is 11.9 Å². The van der Waals surface area contributed by atoms with E-state index in [4.69, 9.17) is 4.98 Å². The third-order valence-corrected chi connectivity index (χ3v) is 7.48. The highest BCUT2D eigenvalue weighted by molar-refractivity contribution is 8.11. The Labute approximate surface area is 181 Å². The second-order valence-corrected chi connectivity index (χ2v) is 10.6. The van der Waals surface area contributed by atoms with Gasteiger partial charge in [-0.1, -0.05) is 17.7 Å². The lowest BCUT2D eigenvalue weighted by atomic mass is 9.88. The van der Waals surface area contributed by atoms with Gasteiger partial charge < -0.3 is 4.90 Å². The van der Waals surface area contributed by atoms with Crippen LogP contribution in [0.3, 0.4) is 0 Å². The van der Waals surface area contributed by atoms with E-state index in [1.807, 2.05) is 29.3 Å². The van der Waals surface area contributed by atoms with Gasteiger partial charge >= 0.3 is 0 Å². The molecule has 0 spiro atoms. The van der Waals surface area contributed by atoms with E-state index in [1.54, 1.807) is 13.1 Å². The number of aryl methyl sites for hydroxylation is 2. The van der Waals surface area contributed by atoms with E-state index in [9.17, 15) is 13.2 Å². The lowest BCUT2D eigenvalue weighted by molar-refractivity contribution is 0.219. The van der Waals surface area contributed by atoms with Crippen molar-refractivity contribution in [2.24, 2.45) is 0 Å². The van der Waals surface area contributed by atoms with E-state index < -0.39 is 9.84 Å². The summed E-state index contributed by atoms with van der Waals surface area (Å²) in [6.07, 6.45) is 6.24. The minimum absolute atomic E-state index is 0.0409. The monoisotopic (exact) mass is 443 g/mol. The minimum Gasteiger partial charge on any atom is -0.332 e. The molecule has 2 aromatic rings. The zero-order valence-corrected chi connectivity index (χ0v) is 18.8. The number of hydrogen-bond acceptors (Lipinski definition) is 6. The molecule has 1 aromatic carbocycles. The molecule has 1 saturated heterocycles. The molecule has 0 unspecified atom stereocenters. The summed E-state index contributed by atoms with van der Waals surface area (Å²) < 4.78 is 27.0. The number of amides is 1. The summed E-state index contributed by atoms with van der Waals surface area (Å²) >= 11 is 1.11. The van der Waals surface area contributed by atoms with Gasteiger partial charge in [-0.15, -0.1) is 0 Å². The molecule has 2 heterocycles. The van der Waals surface area contributed by atoms with Gasteiger partial charge in [0.1, 0.15) is 0 Å². The average molecular weight is 444 g/mol. The molecule has 0 saturated carbocycles. The first-order valence-electron chi connectivity index (χ1n) is 10.0.